The molecule has 0 spiro atoms. The van der Waals surface area contributed by atoms with Crippen molar-refractivity contribution >= 4 is 29.1 Å². The van der Waals surface area contributed by atoms with Crippen LogP contribution in [0.4, 0.5) is 5.69 Å². The Bertz CT molecular complexity index is 817. The van der Waals surface area contributed by atoms with E-state index in [0.717, 1.165) is 0 Å². The van der Waals surface area contributed by atoms with Crippen LogP contribution >= 0.6 is 23.4 Å². The average molecular weight is 329 g/mol. The monoisotopic (exact) mass is 328 g/mol. The fourth-order valence-electron chi connectivity index (χ4n) is 1.53. The molecule has 2 rings (SSSR count). The molecule has 0 aliphatic heterocycles. The Balaban J connectivity index is 2.23. The molecule has 0 radical (unpaired) electrons. The van der Waals surface area contributed by atoms with E-state index in [1.54, 1.807) is 13.1 Å². The van der Waals surface area contributed by atoms with Gasteiger partial charge in [-0.2, -0.15) is 4.98 Å². The second kappa shape index (κ2) is 6.10. The number of aryl methyl sites for hydroxylation is 1. The number of benzene rings is 1. The summed E-state index contributed by atoms with van der Waals surface area (Å²) in [5.41, 5.74) is -1.21. The number of hydrogen-bond acceptors (Lipinski definition) is 6. The minimum Gasteiger partial charge on any atom is -0.265 e. The molecule has 8 nitrogen and oxygen atoms in total. The number of nitrogens with zero attached hydrogens (tertiary/aromatic N) is 3. The smallest absolute Gasteiger partial charge is 0.265 e. The Morgan fingerprint density at radius 3 is 2.86 bits per heavy atom. The third kappa shape index (κ3) is 3.50. The van der Waals surface area contributed by atoms with Crippen LogP contribution in [0.3, 0.4) is 0 Å². The van der Waals surface area contributed by atoms with Crippen LogP contribution in [0, 0.1) is 10.1 Å². The van der Waals surface area contributed by atoms with Crippen LogP contribution in [0.15, 0.2) is 32.9 Å². The predicted molar refractivity (Wildman–Crippen MR) is 77.8 cm³/mol. The summed E-state index contributed by atoms with van der Waals surface area (Å²) in [6.45, 7) is 0. The zero-order valence-electron chi connectivity index (χ0n) is 10.7. The summed E-state index contributed by atoms with van der Waals surface area (Å²) in [5.74, 6) is 0.338. The standard InChI is InChI=1S/C11H9ClN4O4S/c1-15-11(13-9(17)10(18)14-15)21-5-6-2-3-7(12)8(4-6)16(19)20/h2-4H,5H2,1H3,(H,14,18). The molecule has 1 N–H and O–H groups in total. The Morgan fingerprint density at radius 1 is 1.48 bits per heavy atom. The van der Waals surface area contributed by atoms with E-state index in [0.29, 0.717) is 16.5 Å². The fourth-order valence-corrected chi connectivity index (χ4v) is 2.57. The van der Waals surface area contributed by atoms with Gasteiger partial charge < -0.3 is 0 Å². The van der Waals surface area contributed by atoms with Crippen molar-refractivity contribution in [2.24, 2.45) is 7.05 Å². The molecule has 1 aromatic carbocycles. The Kier molecular flexibility index (Phi) is 4.43. The highest BCUT2D eigenvalue weighted by molar-refractivity contribution is 7.98. The quantitative estimate of drug-likeness (QED) is 0.392. The molecule has 2 aromatic rings. The number of halogens is 1. The summed E-state index contributed by atoms with van der Waals surface area (Å²) < 4.78 is 1.32. The highest BCUT2D eigenvalue weighted by Gasteiger charge is 2.13. The lowest BCUT2D eigenvalue weighted by atomic mass is 10.2. The molecule has 0 bridgehead atoms. The molecular weight excluding hydrogens is 320 g/mol. The first-order chi connectivity index (χ1) is 9.88. The first-order valence-electron chi connectivity index (χ1n) is 5.61. The molecule has 110 valence electrons. The van der Waals surface area contributed by atoms with Gasteiger partial charge in [-0.1, -0.05) is 29.4 Å². The molecule has 10 heteroatoms. The van der Waals surface area contributed by atoms with Crippen LogP contribution in [-0.4, -0.2) is 19.7 Å². The molecule has 0 saturated carbocycles. The van der Waals surface area contributed by atoms with E-state index in [1.165, 1.54) is 28.6 Å². The number of hydrogen-bond donors (Lipinski definition) is 1. The van der Waals surface area contributed by atoms with E-state index in [4.69, 9.17) is 11.6 Å². The van der Waals surface area contributed by atoms with Gasteiger partial charge in [0.05, 0.1) is 4.92 Å². The molecule has 0 aliphatic rings. The van der Waals surface area contributed by atoms with Crippen molar-refractivity contribution in [1.29, 1.82) is 0 Å². The van der Waals surface area contributed by atoms with E-state index < -0.39 is 16.0 Å². The summed E-state index contributed by atoms with van der Waals surface area (Å²) in [6, 6.07) is 4.44. The van der Waals surface area contributed by atoms with Crippen molar-refractivity contribution in [3.05, 3.63) is 59.6 Å². The lowest BCUT2D eigenvalue weighted by Gasteiger charge is -2.06. The molecule has 1 aromatic heterocycles. The fraction of sp³-hybridized carbons (Fsp3) is 0.182. The number of aromatic nitrogens is 3. The minimum absolute atomic E-state index is 0.0586. The van der Waals surface area contributed by atoms with Gasteiger partial charge in [-0.05, 0) is 11.6 Å². The van der Waals surface area contributed by atoms with Crippen LogP contribution < -0.4 is 11.1 Å². The van der Waals surface area contributed by atoms with E-state index in [1.807, 2.05) is 0 Å². The second-order valence-corrected chi connectivity index (χ2v) is 5.38. The number of thioether (sulfide) groups is 1. The number of aromatic amines is 1. The first kappa shape index (κ1) is 15.3. The molecule has 1 heterocycles. The van der Waals surface area contributed by atoms with Gasteiger partial charge in [-0.15, -0.1) is 0 Å². The zero-order chi connectivity index (χ0) is 15.6. The van der Waals surface area contributed by atoms with Crippen LogP contribution in [0.1, 0.15) is 5.56 Å². The molecule has 0 aliphatic carbocycles. The van der Waals surface area contributed by atoms with E-state index in [-0.39, 0.29) is 10.7 Å². The second-order valence-electron chi connectivity index (χ2n) is 4.03. The van der Waals surface area contributed by atoms with Crippen molar-refractivity contribution < 1.29 is 4.92 Å². The first-order valence-corrected chi connectivity index (χ1v) is 6.98. The van der Waals surface area contributed by atoms with Gasteiger partial charge in [0.1, 0.15) is 5.02 Å². The summed E-state index contributed by atoms with van der Waals surface area (Å²) in [7, 11) is 1.54. The van der Waals surface area contributed by atoms with Gasteiger partial charge in [-0.3, -0.25) is 29.5 Å². The molecule has 0 unspecified atom stereocenters. The lowest BCUT2D eigenvalue weighted by Crippen LogP contribution is -2.33. The number of H-pyrrole nitrogens is 1. The van der Waals surface area contributed by atoms with E-state index in [9.17, 15) is 19.7 Å². The van der Waals surface area contributed by atoms with Crippen LogP contribution in [0.25, 0.3) is 0 Å². The Morgan fingerprint density at radius 2 is 2.19 bits per heavy atom. The maximum atomic E-state index is 11.2. The lowest BCUT2D eigenvalue weighted by molar-refractivity contribution is -0.384. The van der Waals surface area contributed by atoms with E-state index >= 15 is 0 Å². The third-order valence-corrected chi connectivity index (χ3v) is 3.94. The maximum absolute atomic E-state index is 11.2. The van der Waals surface area contributed by atoms with Crippen molar-refractivity contribution in [2.45, 2.75) is 10.9 Å². The topological polar surface area (TPSA) is 111 Å². The van der Waals surface area contributed by atoms with Crippen LogP contribution in [0.5, 0.6) is 0 Å². The van der Waals surface area contributed by atoms with Crippen LogP contribution in [0.2, 0.25) is 5.02 Å². The number of rotatable bonds is 4. The van der Waals surface area contributed by atoms with E-state index in [2.05, 4.69) is 10.1 Å². The largest absolute Gasteiger partial charge is 0.339 e. The third-order valence-electron chi connectivity index (χ3n) is 2.52. The predicted octanol–water partition coefficient (Wildman–Crippen LogP) is 1.32. The Hall–Kier alpha value is -2.13. The van der Waals surface area contributed by atoms with Gasteiger partial charge in [0.2, 0.25) is 0 Å². The van der Waals surface area contributed by atoms with Crippen molar-refractivity contribution in [2.75, 3.05) is 0 Å². The van der Waals surface area contributed by atoms with Crippen LogP contribution in [-0.2, 0) is 12.8 Å². The Labute approximate surface area is 126 Å². The maximum Gasteiger partial charge on any atom is 0.339 e. The molecule has 0 atom stereocenters. The average Bonchev–Trinajstić information content (AvgIpc) is 2.42. The van der Waals surface area contributed by atoms with Gasteiger partial charge >= 0.3 is 11.1 Å². The van der Waals surface area contributed by atoms with Crippen molar-refractivity contribution in [3.63, 3.8) is 0 Å². The molecule has 0 fully saturated rings. The SMILES string of the molecule is Cn1[nH]c(=O)c(=O)nc1SCc1ccc(Cl)c([N+](=O)[O-])c1. The van der Waals surface area contributed by atoms with Crippen molar-refractivity contribution in [1.82, 2.24) is 14.8 Å². The van der Waals surface area contributed by atoms with Gasteiger partial charge in [0.15, 0.2) is 5.16 Å². The zero-order valence-corrected chi connectivity index (χ0v) is 12.3. The summed E-state index contributed by atoms with van der Waals surface area (Å²) in [5, 5.41) is 13.5. The highest BCUT2D eigenvalue weighted by Crippen LogP contribution is 2.27. The highest BCUT2D eigenvalue weighted by atomic mass is 35.5. The molecular formula is C11H9ClN4O4S. The number of nitro benzene ring substituents is 1. The van der Waals surface area contributed by atoms with Gasteiger partial charge in [0.25, 0.3) is 5.69 Å². The molecule has 21 heavy (non-hydrogen) atoms. The minimum atomic E-state index is -0.877. The van der Waals surface area contributed by atoms with Gasteiger partial charge in [-0.25, -0.2) is 0 Å². The summed E-state index contributed by atoms with van der Waals surface area (Å²) in [4.78, 5) is 36.1. The number of nitrogens with one attached hydrogen (secondary N) is 1. The number of nitro groups is 1. The van der Waals surface area contributed by atoms with Crippen molar-refractivity contribution in [3.8, 4) is 0 Å². The van der Waals surface area contributed by atoms with Gasteiger partial charge in [0, 0.05) is 18.9 Å². The normalized spacial score (nSPS) is 10.6. The summed E-state index contributed by atoms with van der Waals surface area (Å²) in [6.07, 6.45) is 0. The molecule has 0 saturated heterocycles. The molecule has 0 amide bonds. The summed E-state index contributed by atoms with van der Waals surface area (Å²) >= 11 is 6.89.